The Morgan fingerprint density at radius 2 is 1.84 bits per heavy atom. The van der Waals surface area contributed by atoms with Gasteiger partial charge >= 0.3 is 12.6 Å². The molecule has 0 saturated carbocycles. The van der Waals surface area contributed by atoms with Crippen molar-refractivity contribution in [3.05, 3.63) is 48.2 Å². The van der Waals surface area contributed by atoms with Crippen molar-refractivity contribution in [3.63, 3.8) is 0 Å². The summed E-state index contributed by atoms with van der Waals surface area (Å²) in [6.07, 6.45) is 6.07. The number of aromatic nitrogens is 4. The van der Waals surface area contributed by atoms with Crippen LogP contribution < -0.4 is 15.4 Å². The monoisotopic (exact) mass is 513 g/mol. The lowest BCUT2D eigenvalue weighted by Gasteiger charge is -2.34. The van der Waals surface area contributed by atoms with Gasteiger partial charge in [0, 0.05) is 43.9 Å². The third-order valence-corrected chi connectivity index (χ3v) is 7.02. The van der Waals surface area contributed by atoms with E-state index in [1.54, 1.807) is 12.1 Å². The minimum absolute atomic E-state index is 0.0456. The first-order chi connectivity index (χ1) is 17.9. The van der Waals surface area contributed by atoms with E-state index >= 15 is 0 Å². The van der Waals surface area contributed by atoms with Gasteiger partial charge in [-0.1, -0.05) is 0 Å². The average Bonchev–Trinajstić information content (AvgIpc) is 3.27. The summed E-state index contributed by atoms with van der Waals surface area (Å²) in [7, 11) is 0. The van der Waals surface area contributed by atoms with Crippen LogP contribution in [0.5, 0.6) is 5.75 Å². The van der Waals surface area contributed by atoms with Gasteiger partial charge in [0.1, 0.15) is 35.1 Å². The molecule has 2 aliphatic rings. The molecule has 37 heavy (non-hydrogen) atoms. The minimum atomic E-state index is -2.87. The quantitative estimate of drug-likeness (QED) is 0.444. The molecule has 2 fully saturated rings. The van der Waals surface area contributed by atoms with Crippen molar-refractivity contribution in [1.29, 1.82) is 0 Å². The van der Waals surface area contributed by atoms with E-state index < -0.39 is 12.6 Å². The van der Waals surface area contributed by atoms with Crippen molar-refractivity contribution in [2.75, 3.05) is 43.4 Å². The molecule has 2 saturated heterocycles. The Bertz CT molecular complexity index is 1240. The van der Waals surface area contributed by atoms with Crippen molar-refractivity contribution < 1.29 is 23.4 Å². The van der Waals surface area contributed by atoms with Gasteiger partial charge in [-0.3, -0.25) is 0 Å². The molecule has 12 heteroatoms. The average molecular weight is 514 g/mol. The standard InChI is InChI=1S/C25H29F2N7O3/c26-25(27)37-18-4-2-16(3-5-18)19-14-34(13-12-32-8-1-9-32)22(31-19)17-6-10-33(11-7-17)23-20(24(35)36)21(28)29-15-30-23/h2-5,14-15,17,25H,1,6-13H2,(H,35,36)(H2,28,29,30). The first-order valence-corrected chi connectivity index (χ1v) is 12.3. The number of nitrogens with zero attached hydrogens (tertiary/aromatic N) is 6. The van der Waals surface area contributed by atoms with E-state index in [4.69, 9.17) is 10.7 Å². The Labute approximate surface area is 212 Å². The van der Waals surface area contributed by atoms with E-state index in [0.717, 1.165) is 56.1 Å². The van der Waals surface area contributed by atoms with Gasteiger partial charge in [0.15, 0.2) is 0 Å². The summed E-state index contributed by atoms with van der Waals surface area (Å²) in [6.45, 7) is 2.30. The molecule has 3 aromatic rings. The van der Waals surface area contributed by atoms with Gasteiger partial charge in [0.05, 0.1) is 5.69 Å². The molecule has 1 aromatic carbocycles. The van der Waals surface area contributed by atoms with Gasteiger partial charge in [0.25, 0.3) is 0 Å². The normalized spacial score (nSPS) is 16.7. The second-order valence-electron chi connectivity index (χ2n) is 9.30. The summed E-state index contributed by atoms with van der Waals surface area (Å²) in [4.78, 5) is 29.1. The van der Waals surface area contributed by atoms with Gasteiger partial charge in [0.2, 0.25) is 0 Å². The molecule has 0 atom stereocenters. The highest BCUT2D eigenvalue weighted by Crippen LogP contribution is 2.33. The number of hydrogen-bond donors (Lipinski definition) is 2. The van der Waals surface area contributed by atoms with E-state index in [1.165, 1.54) is 24.9 Å². The number of nitrogens with two attached hydrogens (primary N) is 1. The van der Waals surface area contributed by atoms with E-state index in [1.807, 2.05) is 11.1 Å². The highest BCUT2D eigenvalue weighted by atomic mass is 19.3. The third kappa shape index (κ3) is 5.48. The number of anilines is 2. The van der Waals surface area contributed by atoms with Gasteiger partial charge in [-0.2, -0.15) is 8.78 Å². The van der Waals surface area contributed by atoms with Crippen molar-refractivity contribution in [1.82, 2.24) is 24.4 Å². The molecule has 2 aliphatic heterocycles. The zero-order valence-corrected chi connectivity index (χ0v) is 20.3. The van der Waals surface area contributed by atoms with Crippen LogP contribution in [0.1, 0.15) is 41.4 Å². The largest absolute Gasteiger partial charge is 0.477 e. The van der Waals surface area contributed by atoms with Crippen LogP contribution in [0, 0.1) is 0 Å². The molecule has 10 nitrogen and oxygen atoms in total. The summed E-state index contributed by atoms with van der Waals surface area (Å²) in [5.41, 5.74) is 7.34. The van der Waals surface area contributed by atoms with E-state index in [-0.39, 0.29) is 23.0 Å². The number of piperidine rings is 1. The Kier molecular flexibility index (Phi) is 7.17. The fraction of sp³-hybridized carbons (Fsp3) is 0.440. The van der Waals surface area contributed by atoms with Gasteiger partial charge < -0.3 is 29.9 Å². The predicted molar refractivity (Wildman–Crippen MR) is 133 cm³/mol. The predicted octanol–water partition coefficient (Wildman–Crippen LogP) is 3.31. The van der Waals surface area contributed by atoms with Crippen molar-refractivity contribution >= 4 is 17.6 Å². The number of carboxylic acid groups (broad SMARTS) is 1. The fourth-order valence-electron chi connectivity index (χ4n) is 4.92. The van der Waals surface area contributed by atoms with E-state index in [0.29, 0.717) is 18.9 Å². The molecule has 0 spiro atoms. The summed E-state index contributed by atoms with van der Waals surface area (Å²) in [5.74, 6) is 0.405. The maximum absolute atomic E-state index is 12.5. The molecular weight excluding hydrogens is 484 g/mol. The Hall–Kier alpha value is -3.80. The number of halogens is 2. The first-order valence-electron chi connectivity index (χ1n) is 12.3. The maximum Gasteiger partial charge on any atom is 0.387 e. The second-order valence-corrected chi connectivity index (χ2v) is 9.30. The zero-order valence-electron chi connectivity index (χ0n) is 20.3. The highest BCUT2D eigenvalue weighted by Gasteiger charge is 2.29. The number of likely N-dealkylation sites (tertiary alicyclic amines) is 1. The van der Waals surface area contributed by atoms with Crippen molar-refractivity contribution in [2.45, 2.75) is 38.3 Å². The number of alkyl halides is 2. The molecule has 0 unspecified atom stereocenters. The van der Waals surface area contributed by atoms with Crippen LogP contribution in [-0.4, -0.2) is 74.8 Å². The first kappa shape index (κ1) is 24.9. The number of carboxylic acids is 1. The molecule has 5 rings (SSSR count). The van der Waals surface area contributed by atoms with Crippen LogP contribution in [0.25, 0.3) is 11.3 Å². The number of imidazole rings is 1. The minimum Gasteiger partial charge on any atom is -0.477 e. The van der Waals surface area contributed by atoms with E-state index in [2.05, 4.69) is 24.2 Å². The molecule has 4 heterocycles. The van der Waals surface area contributed by atoms with Crippen LogP contribution >= 0.6 is 0 Å². The van der Waals surface area contributed by atoms with Crippen LogP contribution in [-0.2, 0) is 6.54 Å². The summed E-state index contributed by atoms with van der Waals surface area (Å²) in [6, 6.07) is 6.51. The highest BCUT2D eigenvalue weighted by molar-refractivity contribution is 5.98. The van der Waals surface area contributed by atoms with Crippen molar-refractivity contribution in [3.8, 4) is 17.0 Å². The smallest absolute Gasteiger partial charge is 0.387 e. The maximum atomic E-state index is 12.5. The van der Waals surface area contributed by atoms with Crippen LogP contribution in [0.2, 0.25) is 0 Å². The lowest BCUT2D eigenvalue weighted by molar-refractivity contribution is -0.0498. The fourth-order valence-corrected chi connectivity index (χ4v) is 4.92. The number of rotatable bonds is 9. The molecule has 196 valence electrons. The zero-order chi connectivity index (χ0) is 25.9. The number of benzene rings is 1. The Balaban J connectivity index is 1.35. The molecule has 0 amide bonds. The summed E-state index contributed by atoms with van der Waals surface area (Å²) < 4.78 is 31.7. The topological polar surface area (TPSA) is 123 Å². The van der Waals surface area contributed by atoms with Gasteiger partial charge in [-0.15, -0.1) is 0 Å². The molecule has 3 N–H and O–H groups in total. The second kappa shape index (κ2) is 10.7. The van der Waals surface area contributed by atoms with Gasteiger partial charge in [-0.05, 0) is 56.6 Å². The lowest BCUT2D eigenvalue weighted by atomic mass is 9.95. The van der Waals surface area contributed by atoms with E-state index in [9.17, 15) is 18.7 Å². The summed E-state index contributed by atoms with van der Waals surface area (Å²) in [5, 5.41) is 9.59. The third-order valence-electron chi connectivity index (χ3n) is 7.02. The van der Waals surface area contributed by atoms with Crippen LogP contribution in [0.4, 0.5) is 20.4 Å². The molecule has 0 radical (unpaired) electrons. The van der Waals surface area contributed by atoms with Crippen LogP contribution in [0.15, 0.2) is 36.8 Å². The SMILES string of the molecule is Nc1ncnc(N2CCC(c3nc(-c4ccc(OC(F)F)cc4)cn3CCN3CCC3)CC2)c1C(=O)O. The molecule has 0 aliphatic carbocycles. The Morgan fingerprint density at radius 3 is 2.46 bits per heavy atom. The molecule has 0 bridgehead atoms. The Morgan fingerprint density at radius 1 is 1.11 bits per heavy atom. The summed E-state index contributed by atoms with van der Waals surface area (Å²) >= 11 is 0. The number of carbonyl (C=O) groups is 1. The number of ether oxygens (including phenoxy) is 1. The van der Waals surface area contributed by atoms with Crippen LogP contribution in [0.3, 0.4) is 0 Å². The lowest BCUT2D eigenvalue weighted by Crippen LogP contribution is -2.39. The number of nitrogen functional groups attached to an aromatic ring is 1. The molecular formula is C25H29F2N7O3. The number of aromatic carboxylic acids is 1. The van der Waals surface area contributed by atoms with Crippen molar-refractivity contribution in [2.24, 2.45) is 0 Å². The van der Waals surface area contributed by atoms with Gasteiger partial charge in [-0.25, -0.2) is 19.7 Å². The molecule has 2 aromatic heterocycles. The number of hydrogen-bond acceptors (Lipinski definition) is 8.